The molecule has 14 heavy (non-hydrogen) atoms. The zero-order valence-electron chi connectivity index (χ0n) is 10.0. The lowest BCUT2D eigenvalue weighted by atomic mass is 10.1. The molecule has 2 aliphatic heterocycles. The van der Waals surface area contributed by atoms with E-state index in [9.17, 15) is 0 Å². The third-order valence-corrected chi connectivity index (χ3v) is 3.89. The average Bonchev–Trinajstić information content (AvgIpc) is 2.37. The van der Waals surface area contributed by atoms with Gasteiger partial charge in [0.2, 0.25) is 0 Å². The van der Waals surface area contributed by atoms with Crippen LogP contribution in [0, 0.1) is 0 Å². The van der Waals surface area contributed by atoms with E-state index in [0.717, 1.165) is 24.2 Å². The van der Waals surface area contributed by atoms with Crippen LogP contribution in [0.2, 0.25) is 0 Å². The number of hydrogen-bond donors (Lipinski definition) is 0. The summed E-state index contributed by atoms with van der Waals surface area (Å²) >= 11 is 0. The fourth-order valence-corrected chi connectivity index (χ4v) is 3.23. The second-order valence-electron chi connectivity index (χ2n) is 5.47. The minimum atomic E-state index is 0.729. The highest BCUT2D eigenvalue weighted by atomic mass is 15.3. The van der Waals surface area contributed by atoms with Gasteiger partial charge in [0.05, 0.1) is 0 Å². The Kier molecular flexibility index (Phi) is 2.85. The number of fused-ring (bicyclic) bond motifs is 2. The number of hydrogen-bond acceptors (Lipinski definition) is 2. The van der Waals surface area contributed by atoms with E-state index in [1.165, 1.54) is 25.9 Å². The molecule has 0 radical (unpaired) electrons. The van der Waals surface area contributed by atoms with Crippen molar-refractivity contribution in [1.82, 2.24) is 9.80 Å². The van der Waals surface area contributed by atoms with Crippen molar-refractivity contribution in [2.45, 2.75) is 64.7 Å². The molecule has 2 bridgehead atoms. The van der Waals surface area contributed by atoms with Crippen LogP contribution in [0.15, 0.2) is 0 Å². The lowest BCUT2D eigenvalue weighted by Gasteiger charge is -2.44. The first-order chi connectivity index (χ1) is 6.59. The van der Waals surface area contributed by atoms with Crippen molar-refractivity contribution >= 4 is 0 Å². The van der Waals surface area contributed by atoms with Gasteiger partial charge in [-0.15, -0.1) is 0 Å². The van der Waals surface area contributed by atoms with Gasteiger partial charge in [-0.2, -0.15) is 0 Å². The molecule has 0 aromatic heterocycles. The molecule has 0 aliphatic carbocycles. The van der Waals surface area contributed by atoms with Gasteiger partial charge in [0.15, 0.2) is 0 Å². The van der Waals surface area contributed by atoms with Crippen LogP contribution in [-0.4, -0.2) is 47.1 Å². The standard InChI is InChI=1S/C12H24N2/c1-9(2)13-7-11-5-6-12(8-13)14(11)10(3)4/h9-12H,5-8H2,1-4H3/t11-,12+. The van der Waals surface area contributed by atoms with E-state index in [1.54, 1.807) is 0 Å². The molecule has 0 aromatic carbocycles. The lowest BCUT2D eigenvalue weighted by molar-refractivity contribution is 0.0292. The van der Waals surface area contributed by atoms with Gasteiger partial charge >= 0.3 is 0 Å². The summed E-state index contributed by atoms with van der Waals surface area (Å²) in [6.07, 6.45) is 2.85. The minimum absolute atomic E-state index is 0.729. The van der Waals surface area contributed by atoms with Crippen LogP contribution in [0.5, 0.6) is 0 Å². The fraction of sp³-hybridized carbons (Fsp3) is 1.00. The van der Waals surface area contributed by atoms with Gasteiger partial charge < -0.3 is 0 Å². The molecule has 2 aliphatic rings. The Labute approximate surface area is 88.3 Å². The van der Waals surface area contributed by atoms with E-state index in [-0.39, 0.29) is 0 Å². The maximum Gasteiger partial charge on any atom is 0.0230 e. The first kappa shape index (κ1) is 10.4. The number of likely N-dealkylation sites (tertiary alicyclic amines) is 1. The summed E-state index contributed by atoms with van der Waals surface area (Å²) in [6.45, 7) is 11.9. The minimum Gasteiger partial charge on any atom is -0.298 e. The third-order valence-electron chi connectivity index (χ3n) is 3.89. The van der Waals surface area contributed by atoms with Crippen molar-refractivity contribution in [2.24, 2.45) is 0 Å². The molecule has 0 aromatic rings. The largest absolute Gasteiger partial charge is 0.298 e. The van der Waals surface area contributed by atoms with Crippen LogP contribution < -0.4 is 0 Å². The first-order valence-electron chi connectivity index (χ1n) is 6.11. The molecule has 2 rings (SSSR count). The van der Waals surface area contributed by atoms with Gasteiger partial charge in [0.25, 0.3) is 0 Å². The maximum absolute atomic E-state index is 2.75. The summed E-state index contributed by atoms with van der Waals surface area (Å²) in [4.78, 5) is 5.40. The number of piperazine rings is 1. The van der Waals surface area contributed by atoms with Crippen molar-refractivity contribution in [3.05, 3.63) is 0 Å². The summed E-state index contributed by atoms with van der Waals surface area (Å²) in [6, 6.07) is 3.15. The van der Waals surface area contributed by atoms with Crippen LogP contribution in [0.4, 0.5) is 0 Å². The molecule has 2 heterocycles. The Morgan fingerprint density at radius 1 is 0.857 bits per heavy atom. The van der Waals surface area contributed by atoms with Crippen molar-refractivity contribution < 1.29 is 0 Å². The molecular weight excluding hydrogens is 172 g/mol. The number of rotatable bonds is 2. The SMILES string of the molecule is CC(C)N1C[C@H]2CC[C@@H](C1)N2C(C)C. The van der Waals surface area contributed by atoms with Crippen molar-refractivity contribution in [3.63, 3.8) is 0 Å². The third kappa shape index (κ3) is 1.70. The highest BCUT2D eigenvalue weighted by molar-refractivity contribution is 4.97. The highest BCUT2D eigenvalue weighted by Gasteiger charge is 2.41. The van der Waals surface area contributed by atoms with E-state index in [1.807, 2.05) is 0 Å². The van der Waals surface area contributed by atoms with Crippen LogP contribution in [0.3, 0.4) is 0 Å². The summed E-state index contributed by atoms with van der Waals surface area (Å²) in [5, 5.41) is 0. The Morgan fingerprint density at radius 2 is 1.36 bits per heavy atom. The predicted molar refractivity (Wildman–Crippen MR) is 60.5 cm³/mol. The van der Waals surface area contributed by atoms with Crippen molar-refractivity contribution in [1.29, 1.82) is 0 Å². The monoisotopic (exact) mass is 196 g/mol. The van der Waals surface area contributed by atoms with Crippen LogP contribution in [0.1, 0.15) is 40.5 Å². The van der Waals surface area contributed by atoms with Gasteiger partial charge in [-0.25, -0.2) is 0 Å². The van der Waals surface area contributed by atoms with E-state index in [2.05, 4.69) is 37.5 Å². The molecule has 2 nitrogen and oxygen atoms in total. The summed E-state index contributed by atoms with van der Waals surface area (Å²) in [5.41, 5.74) is 0. The molecule has 0 N–H and O–H groups in total. The number of nitrogens with zero attached hydrogens (tertiary/aromatic N) is 2. The summed E-state index contributed by atoms with van der Waals surface area (Å²) in [5.74, 6) is 0. The zero-order chi connectivity index (χ0) is 10.3. The quantitative estimate of drug-likeness (QED) is 0.666. The fourth-order valence-electron chi connectivity index (χ4n) is 3.23. The maximum atomic E-state index is 2.75. The van der Waals surface area contributed by atoms with E-state index in [4.69, 9.17) is 0 Å². The molecule has 2 saturated heterocycles. The molecule has 0 amide bonds. The second-order valence-corrected chi connectivity index (χ2v) is 5.47. The molecule has 2 heteroatoms. The molecule has 0 spiro atoms. The highest BCUT2D eigenvalue weighted by Crippen LogP contribution is 2.32. The Balaban J connectivity index is 2.05. The normalized spacial score (nSPS) is 34.7. The molecule has 2 fully saturated rings. The van der Waals surface area contributed by atoms with Crippen molar-refractivity contribution in [3.8, 4) is 0 Å². The Bertz CT molecular complexity index is 186. The Morgan fingerprint density at radius 3 is 1.71 bits per heavy atom. The van der Waals surface area contributed by atoms with Crippen LogP contribution in [0.25, 0.3) is 0 Å². The van der Waals surface area contributed by atoms with Gasteiger partial charge in [0.1, 0.15) is 0 Å². The topological polar surface area (TPSA) is 6.48 Å². The first-order valence-corrected chi connectivity index (χ1v) is 6.11. The van der Waals surface area contributed by atoms with Gasteiger partial charge in [-0.3, -0.25) is 9.80 Å². The molecular formula is C12H24N2. The van der Waals surface area contributed by atoms with Crippen LogP contribution >= 0.6 is 0 Å². The van der Waals surface area contributed by atoms with Crippen molar-refractivity contribution in [2.75, 3.05) is 13.1 Å². The van der Waals surface area contributed by atoms with Gasteiger partial charge in [0, 0.05) is 37.3 Å². The molecule has 0 unspecified atom stereocenters. The Hall–Kier alpha value is -0.0800. The summed E-state index contributed by atoms with van der Waals surface area (Å²) in [7, 11) is 0. The van der Waals surface area contributed by atoms with Gasteiger partial charge in [-0.05, 0) is 40.5 Å². The smallest absolute Gasteiger partial charge is 0.0230 e. The van der Waals surface area contributed by atoms with Gasteiger partial charge in [-0.1, -0.05) is 0 Å². The molecule has 82 valence electrons. The molecule has 2 atom stereocenters. The second kappa shape index (κ2) is 3.82. The zero-order valence-corrected chi connectivity index (χ0v) is 10.0. The van der Waals surface area contributed by atoms with E-state index >= 15 is 0 Å². The van der Waals surface area contributed by atoms with E-state index in [0.29, 0.717) is 0 Å². The molecule has 0 saturated carbocycles. The lowest BCUT2D eigenvalue weighted by Crippen LogP contribution is -2.57. The predicted octanol–water partition coefficient (Wildman–Crippen LogP) is 1.95. The average molecular weight is 196 g/mol. The van der Waals surface area contributed by atoms with E-state index < -0.39 is 0 Å². The summed E-state index contributed by atoms with van der Waals surface area (Å²) < 4.78 is 0. The van der Waals surface area contributed by atoms with Crippen LogP contribution in [-0.2, 0) is 0 Å².